The first-order valence-electron chi connectivity index (χ1n) is 8.55. The average molecular weight is 356 g/mol. The van der Waals surface area contributed by atoms with E-state index in [2.05, 4.69) is 0 Å². The molecule has 0 aliphatic carbocycles. The van der Waals surface area contributed by atoms with Gasteiger partial charge >= 0.3 is 0 Å². The van der Waals surface area contributed by atoms with E-state index in [1.54, 1.807) is 31.4 Å². The second kappa shape index (κ2) is 11.2. The first-order chi connectivity index (χ1) is 11.4. The Balaban J connectivity index is 2.00. The van der Waals surface area contributed by atoms with Crippen molar-refractivity contribution < 1.29 is 22.5 Å². The first-order valence-corrected chi connectivity index (χ1v) is 10.2. The number of Topliss-reactive ketones (excluding diaryl/α,β-unsaturated/α-hetero) is 1. The van der Waals surface area contributed by atoms with Gasteiger partial charge in [0.2, 0.25) is 0 Å². The van der Waals surface area contributed by atoms with Crippen LogP contribution in [0.5, 0.6) is 5.75 Å². The lowest BCUT2D eigenvalue weighted by Gasteiger charge is -2.04. The largest absolute Gasteiger partial charge is 0.497 e. The van der Waals surface area contributed by atoms with Gasteiger partial charge in [-0.05, 0) is 37.1 Å². The topological polar surface area (TPSA) is 80.7 Å². The van der Waals surface area contributed by atoms with Gasteiger partial charge in [-0.2, -0.15) is 8.42 Å². The smallest absolute Gasteiger partial charge is 0.264 e. The molecule has 24 heavy (non-hydrogen) atoms. The number of benzene rings is 1. The molecule has 0 saturated heterocycles. The number of ether oxygens (including phenoxy) is 1. The van der Waals surface area contributed by atoms with Gasteiger partial charge in [0, 0.05) is 12.0 Å². The van der Waals surface area contributed by atoms with Crippen LogP contribution in [-0.4, -0.2) is 31.6 Å². The molecule has 0 atom stereocenters. The predicted octanol–water partition coefficient (Wildman–Crippen LogP) is 4.28. The van der Waals surface area contributed by atoms with Gasteiger partial charge in [0.1, 0.15) is 5.75 Å². The zero-order chi connectivity index (χ0) is 17.8. The fourth-order valence-corrected chi connectivity index (χ4v) is 3.12. The second-order valence-corrected chi connectivity index (χ2v) is 7.59. The summed E-state index contributed by atoms with van der Waals surface area (Å²) in [6.07, 6.45) is 8.10. The summed E-state index contributed by atoms with van der Waals surface area (Å²) in [5, 5.41) is 0. The maximum Gasteiger partial charge on any atom is 0.264 e. The molecule has 0 spiro atoms. The van der Waals surface area contributed by atoms with Crippen LogP contribution in [0.3, 0.4) is 0 Å². The number of hydrogen-bond acceptors (Lipinski definition) is 4. The molecule has 0 aliphatic heterocycles. The standard InChI is InChI=1S/C18H28O5S/c1-23-17-13-11-16(12-14-17)18(19)10-8-6-4-2-3-5-7-9-15-24(20,21)22/h11-14H,2-10,15H2,1H3,(H,20,21,22). The summed E-state index contributed by atoms with van der Waals surface area (Å²) in [4.78, 5) is 12.0. The highest BCUT2D eigenvalue weighted by Crippen LogP contribution is 2.15. The van der Waals surface area contributed by atoms with E-state index in [1.165, 1.54) is 0 Å². The predicted molar refractivity (Wildman–Crippen MR) is 95.3 cm³/mol. The summed E-state index contributed by atoms with van der Waals surface area (Å²) in [6, 6.07) is 7.20. The van der Waals surface area contributed by atoms with E-state index < -0.39 is 10.1 Å². The van der Waals surface area contributed by atoms with Crippen molar-refractivity contribution in [1.82, 2.24) is 0 Å². The molecule has 0 unspecified atom stereocenters. The third kappa shape index (κ3) is 9.67. The SMILES string of the molecule is COc1ccc(C(=O)CCCCCCCCCCS(=O)(=O)O)cc1. The summed E-state index contributed by atoms with van der Waals surface area (Å²) < 4.78 is 34.8. The van der Waals surface area contributed by atoms with E-state index in [0.29, 0.717) is 12.8 Å². The third-order valence-corrected chi connectivity index (χ3v) is 4.77. The Labute approximate surface area is 145 Å². The van der Waals surface area contributed by atoms with Gasteiger partial charge in [-0.1, -0.05) is 38.5 Å². The zero-order valence-electron chi connectivity index (χ0n) is 14.4. The Morgan fingerprint density at radius 3 is 1.92 bits per heavy atom. The lowest BCUT2D eigenvalue weighted by Crippen LogP contribution is -2.03. The van der Waals surface area contributed by atoms with Crippen LogP contribution < -0.4 is 4.74 Å². The number of rotatable bonds is 13. The Kier molecular flexibility index (Phi) is 9.64. The Hall–Kier alpha value is -1.40. The fourth-order valence-electron chi connectivity index (χ4n) is 2.55. The average Bonchev–Trinajstić information content (AvgIpc) is 2.55. The van der Waals surface area contributed by atoms with Gasteiger partial charge in [0.25, 0.3) is 10.1 Å². The summed E-state index contributed by atoms with van der Waals surface area (Å²) >= 11 is 0. The van der Waals surface area contributed by atoms with Crippen molar-refractivity contribution in [2.45, 2.75) is 57.8 Å². The van der Waals surface area contributed by atoms with E-state index in [-0.39, 0.29) is 11.5 Å². The van der Waals surface area contributed by atoms with E-state index >= 15 is 0 Å². The maximum absolute atomic E-state index is 12.0. The molecule has 0 aromatic heterocycles. The van der Waals surface area contributed by atoms with Crippen LogP contribution in [-0.2, 0) is 10.1 Å². The van der Waals surface area contributed by atoms with Crippen molar-refractivity contribution >= 4 is 15.9 Å². The molecule has 5 nitrogen and oxygen atoms in total. The molecule has 1 aromatic carbocycles. The highest BCUT2D eigenvalue weighted by atomic mass is 32.2. The summed E-state index contributed by atoms with van der Waals surface area (Å²) in [5.74, 6) is 0.784. The molecular formula is C18H28O5S. The van der Waals surface area contributed by atoms with Crippen LogP contribution in [0.2, 0.25) is 0 Å². The second-order valence-electron chi connectivity index (χ2n) is 6.02. The summed E-state index contributed by atoms with van der Waals surface area (Å²) in [5.41, 5.74) is 0.731. The summed E-state index contributed by atoms with van der Waals surface area (Å²) in [7, 11) is -2.20. The third-order valence-electron chi connectivity index (χ3n) is 3.97. The van der Waals surface area contributed by atoms with Crippen molar-refractivity contribution in [3.05, 3.63) is 29.8 Å². The number of methoxy groups -OCH3 is 1. The van der Waals surface area contributed by atoms with Gasteiger partial charge < -0.3 is 4.74 Å². The molecule has 0 bridgehead atoms. The molecule has 1 rings (SSSR count). The highest BCUT2D eigenvalue weighted by Gasteiger charge is 2.06. The van der Waals surface area contributed by atoms with Crippen LogP contribution in [0, 0.1) is 0 Å². The number of ketones is 1. The molecular weight excluding hydrogens is 328 g/mol. The molecule has 0 heterocycles. The minimum absolute atomic E-state index is 0.138. The lowest BCUT2D eigenvalue weighted by molar-refractivity contribution is 0.0979. The molecule has 136 valence electrons. The Morgan fingerprint density at radius 2 is 1.42 bits per heavy atom. The van der Waals surface area contributed by atoms with Crippen molar-refractivity contribution in [2.75, 3.05) is 12.9 Å². The van der Waals surface area contributed by atoms with Crippen LogP contribution in [0.4, 0.5) is 0 Å². The van der Waals surface area contributed by atoms with E-state index in [1.807, 2.05) is 0 Å². The maximum atomic E-state index is 12.0. The van der Waals surface area contributed by atoms with Crippen LogP contribution in [0.15, 0.2) is 24.3 Å². The van der Waals surface area contributed by atoms with Crippen molar-refractivity contribution in [2.24, 2.45) is 0 Å². The molecule has 0 amide bonds. The molecule has 0 fully saturated rings. The molecule has 6 heteroatoms. The summed E-state index contributed by atoms with van der Waals surface area (Å²) in [6.45, 7) is 0. The van der Waals surface area contributed by atoms with Crippen LogP contribution >= 0.6 is 0 Å². The van der Waals surface area contributed by atoms with E-state index in [9.17, 15) is 13.2 Å². The number of carbonyl (C=O) groups excluding carboxylic acids is 1. The highest BCUT2D eigenvalue weighted by molar-refractivity contribution is 7.85. The molecule has 1 aromatic rings. The number of hydrogen-bond donors (Lipinski definition) is 1. The number of carbonyl (C=O) groups is 1. The number of unbranched alkanes of at least 4 members (excludes halogenated alkanes) is 7. The van der Waals surface area contributed by atoms with Gasteiger partial charge in [-0.15, -0.1) is 0 Å². The zero-order valence-corrected chi connectivity index (χ0v) is 15.2. The Bertz CT molecular complexity index is 578. The quantitative estimate of drug-likeness (QED) is 0.324. The van der Waals surface area contributed by atoms with Gasteiger partial charge in [0.15, 0.2) is 5.78 Å². The van der Waals surface area contributed by atoms with Crippen molar-refractivity contribution in [3.8, 4) is 5.75 Å². The normalized spacial score (nSPS) is 11.4. The fraction of sp³-hybridized carbons (Fsp3) is 0.611. The van der Waals surface area contributed by atoms with Crippen LogP contribution in [0.1, 0.15) is 68.1 Å². The van der Waals surface area contributed by atoms with Crippen molar-refractivity contribution in [1.29, 1.82) is 0 Å². The van der Waals surface area contributed by atoms with Gasteiger partial charge in [0.05, 0.1) is 12.9 Å². The van der Waals surface area contributed by atoms with E-state index in [4.69, 9.17) is 9.29 Å². The minimum atomic E-state index is -3.80. The first kappa shape index (κ1) is 20.6. The lowest BCUT2D eigenvalue weighted by atomic mass is 10.0. The minimum Gasteiger partial charge on any atom is -0.497 e. The van der Waals surface area contributed by atoms with Crippen molar-refractivity contribution in [3.63, 3.8) is 0 Å². The Morgan fingerprint density at radius 1 is 0.917 bits per heavy atom. The van der Waals surface area contributed by atoms with Gasteiger partial charge in [-0.3, -0.25) is 9.35 Å². The monoisotopic (exact) mass is 356 g/mol. The van der Waals surface area contributed by atoms with Crippen LogP contribution in [0.25, 0.3) is 0 Å². The van der Waals surface area contributed by atoms with Gasteiger partial charge in [-0.25, -0.2) is 0 Å². The molecule has 1 N–H and O–H groups in total. The van der Waals surface area contributed by atoms with E-state index in [0.717, 1.165) is 56.3 Å². The molecule has 0 aliphatic rings. The molecule has 0 radical (unpaired) electrons. The molecule has 0 saturated carbocycles.